The van der Waals surface area contributed by atoms with Crippen molar-refractivity contribution in [3.05, 3.63) is 31.2 Å². The van der Waals surface area contributed by atoms with Gasteiger partial charge in [-0.05, 0) is 32.1 Å². The Morgan fingerprint density at radius 1 is 0.792 bits per heavy atom. The van der Waals surface area contributed by atoms with Gasteiger partial charge in [0.1, 0.15) is 0 Å². The van der Waals surface area contributed by atoms with Crippen LogP contribution in [0, 0.1) is 6.92 Å². The Morgan fingerprint density at radius 2 is 1.21 bits per heavy atom. The molecule has 6 heteroatoms. The van der Waals surface area contributed by atoms with Gasteiger partial charge in [-0.25, -0.2) is 4.57 Å². The van der Waals surface area contributed by atoms with Crippen LogP contribution in [0.4, 0.5) is 0 Å². The minimum atomic E-state index is -4.64. The van der Waals surface area contributed by atoms with Crippen LogP contribution in [0.25, 0.3) is 0 Å². The molecular weight excluding hydrogens is 334 g/mol. The Labute approximate surface area is 171 Å². The summed E-state index contributed by atoms with van der Waals surface area (Å²) in [6.07, 6.45) is 24.9. The van der Waals surface area contributed by atoms with Gasteiger partial charge in [0.25, 0.3) is 0 Å². The molecule has 0 aromatic rings. The molecule has 0 unspecified atom stereocenters. The molecule has 0 heterocycles. The van der Waals surface area contributed by atoms with E-state index in [-0.39, 0.29) is 29.6 Å². The Hall–Kier alpha value is 0.590. The van der Waals surface area contributed by atoms with Gasteiger partial charge in [-0.1, -0.05) is 69.8 Å². The summed E-state index contributed by atoms with van der Waals surface area (Å²) in [5.74, 6) is 0. The van der Waals surface area contributed by atoms with E-state index in [0.29, 0.717) is 0 Å². The minimum Gasteiger partial charge on any atom is -0.343 e. The third kappa shape index (κ3) is 43.3. The van der Waals surface area contributed by atoms with E-state index in [9.17, 15) is 0 Å². The van der Waals surface area contributed by atoms with Crippen LogP contribution in [0.15, 0.2) is 24.3 Å². The molecule has 0 aliphatic rings. The van der Waals surface area contributed by atoms with Gasteiger partial charge in [0.05, 0.1) is 0 Å². The van der Waals surface area contributed by atoms with Crippen molar-refractivity contribution in [3.63, 3.8) is 0 Å². The Bertz CT molecular complexity index is 319. The van der Waals surface area contributed by atoms with Crippen LogP contribution in [0.2, 0.25) is 0 Å². The standard InChI is InChI=1S/C18H33.Na.H3O4P/c1-3-5-7-9-11-13-15-17-18-16-14-12-10-8-6-4-2;;1-5(2,3)4/h12,14,17-18H,1,3-11,13,15-16H2,2H3;;(H3,1,2,3,4)/q-1;+1;/b14-12-,18-17-;;. The molecule has 0 aliphatic heterocycles. The first-order valence-corrected chi connectivity index (χ1v) is 10.4. The third-order valence-electron chi connectivity index (χ3n) is 3.20. The molecule has 24 heavy (non-hydrogen) atoms. The van der Waals surface area contributed by atoms with Gasteiger partial charge >= 0.3 is 37.4 Å². The van der Waals surface area contributed by atoms with Gasteiger partial charge in [-0.2, -0.15) is 6.42 Å². The predicted molar refractivity (Wildman–Crippen MR) is 99.0 cm³/mol. The molecule has 0 spiro atoms. The van der Waals surface area contributed by atoms with Crippen molar-refractivity contribution in [1.29, 1.82) is 0 Å². The normalized spacial score (nSPS) is 11.4. The molecule has 3 N–H and O–H groups in total. The topological polar surface area (TPSA) is 77.8 Å². The largest absolute Gasteiger partial charge is 1.00 e. The fourth-order valence-electron chi connectivity index (χ4n) is 1.99. The predicted octanol–water partition coefficient (Wildman–Crippen LogP) is 2.71. The molecule has 138 valence electrons. The average Bonchev–Trinajstić information content (AvgIpc) is 2.46. The van der Waals surface area contributed by atoms with Crippen LogP contribution < -0.4 is 29.6 Å². The Balaban J connectivity index is -0.000000639. The van der Waals surface area contributed by atoms with Crippen LogP contribution in [-0.2, 0) is 4.57 Å². The van der Waals surface area contributed by atoms with Gasteiger partial charge < -0.3 is 21.6 Å². The van der Waals surface area contributed by atoms with E-state index in [0.717, 1.165) is 12.8 Å². The van der Waals surface area contributed by atoms with Gasteiger partial charge in [0.15, 0.2) is 0 Å². The molecule has 4 nitrogen and oxygen atoms in total. The van der Waals surface area contributed by atoms with Crippen LogP contribution in [0.1, 0.15) is 84.0 Å². The third-order valence-corrected chi connectivity index (χ3v) is 3.20. The zero-order valence-corrected chi connectivity index (χ0v) is 18.6. The molecule has 0 saturated carbocycles. The number of hydrogen-bond donors (Lipinski definition) is 3. The van der Waals surface area contributed by atoms with E-state index >= 15 is 0 Å². The molecule has 0 aliphatic carbocycles. The van der Waals surface area contributed by atoms with Crippen molar-refractivity contribution >= 4 is 7.82 Å². The number of hydrogen-bond acceptors (Lipinski definition) is 1. The van der Waals surface area contributed by atoms with Gasteiger partial charge in [0.2, 0.25) is 0 Å². The first-order valence-electron chi connectivity index (χ1n) is 8.79. The zero-order valence-electron chi connectivity index (χ0n) is 15.7. The summed E-state index contributed by atoms with van der Waals surface area (Å²) in [5, 5.41) is 0. The minimum absolute atomic E-state index is 0. The maximum Gasteiger partial charge on any atom is 1.00 e. The van der Waals surface area contributed by atoms with E-state index in [1.54, 1.807) is 0 Å². The van der Waals surface area contributed by atoms with E-state index in [1.807, 2.05) is 0 Å². The second-order valence-corrected chi connectivity index (χ2v) is 6.62. The number of rotatable bonds is 13. The van der Waals surface area contributed by atoms with Gasteiger partial charge in [-0.3, -0.25) is 0 Å². The van der Waals surface area contributed by atoms with Crippen molar-refractivity contribution < 1.29 is 48.8 Å². The van der Waals surface area contributed by atoms with Gasteiger partial charge in [-0.15, -0.1) is 0 Å². The summed E-state index contributed by atoms with van der Waals surface area (Å²) in [6, 6.07) is 0. The second kappa shape index (κ2) is 23.6. The molecule has 0 rings (SSSR count). The first-order chi connectivity index (χ1) is 10.9. The summed E-state index contributed by atoms with van der Waals surface area (Å²) in [6.45, 7) is 6.12. The summed E-state index contributed by atoms with van der Waals surface area (Å²) in [4.78, 5) is 21.6. The molecule has 0 aromatic carbocycles. The SMILES string of the molecule is O=P(O)(O)O.[CH2-]CCCCCCC/C=C\C/C=C\CCCCC.[Na+]. The van der Waals surface area contributed by atoms with E-state index in [4.69, 9.17) is 19.2 Å². The summed E-state index contributed by atoms with van der Waals surface area (Å²) in [7, 11) is -4.64. The molecule has 0 atom stereocenters. The van der Waals surface area contributed by atoms with Crippen LogP contribution in [0.5, 0.6) is 0 Å². The summed E-state index contributed by atoms with van der Waals surface area (Å²) >= 11 is 0. The fourth-order valence-corrected chi connectivity index (χ4v) is 1.99. The van der Waals surface area contributed by atoms with E-state index < -0.39 is 7.82 Å². The van der Waals surface area contributed by atoms with E-state index in [1.165, 1.54) is 64.2 Å². The van der Waals surface area contributed by atoms with E-state index in [2.05, 4.69) is 38.2 Å². The summed E-state index contributed by atoms with van der Waals surface area (Å²) < 4.78 is 8.88. The Kier molecular flexibility index (Phi) is 28.9. The van der Waals surface area contributed by atoms with Crippen molar-refractivity contribution in [1.82, 2.24) is 0 Å². The molecule has 0 fully saturated rings. The second-order valence-electron chi connectivity index (χ2n) is 5.60. The van der Waals surface area contributed by atoms with Crippen LogP contribution in [-0.4, -0.2) is 14.7 Å². The maximum atomic E-state index is 8.88. The quantitative estimate of drug-likeness (QED) is 0.153. The van der Waals surface area contributed by atoms with Crippen molar-refractivity contribution in [2.75, 3.05) is 0 Å². The molecule has 0 aromatic heterocycles. The number of phosphoric acid groups is 1. The number of allylic oxidation sites excluding steroid dienone is 4. The molecule has 0 amide bonds. The van der Waals surface area contributed by atoms with Crippen molar-refractivity contribution in [3.8, 4) is 0 Å². The van der Waals surface area contributed by atoms with Gasteiger partial charge in [0, 0.05) is 0 Å². The average molecular weight is 370 g/mol. The number of unbranched alkanes of at least 4 members (excludes halogenated alkanes) is 9. The van der Waals surface area contributed by atoms with Crippen LogP contribution >= 0.6 is 7.82 Å². The zero-order chi connectivity index (χ0) is 17.8. The van der Waals surface area contributed by atoms with Crippen molar-refractivity contribution in [2.45, 2.75) is 84.0 Å². The molecule has 0 radical (unpaired) electrons. The fraction of sp³-hybridized carbons (Fsp3) is 0.722. The van der Waals surface area contributed by atoms with Crippen molar-refractivity contribution in [2.24, 2.45) is 0 Å². The Morgan fingerprint density at radius 3 is 1.67 bits per heavy atom. The monoisotopic (exact) mass is 370 g/mol. The smallest absolute Gasteiger partial charge is 0.343 e. The molecule has 0 bridgehead atoms. The summed E-state index contributed by atoms with van der Waals surface area (Å²) in [5.41, 5.74) is 0. The first kappa shape index (κ1) is 29.4. The molecular formula is C18H36NaO4P. The molecule has 0 saturated heterocycles. The maximum absolute atomic E-state index is 8.88. The van der Waals surface area contributed by atoms with Crippen LogP contribution in [0.3, 0.4) is 0 Å².